The summed E-state index contributed by atoms with van der Waals surface area (Å²) in [7, 11) is 0. The molecule has 0 aliphatic heterocycles. The van der Waals surface area contributed by atoms with E-state index >= 15 is 0 Å². The number of nitrogens with zero attached hydrogens (tertiary/aromatic N) is 1. The zero-order chi connectivity index (χ0) is 18.7. The predicted molar refractivity (Wildman–Crippen MR) is 99.2 cm³/mol. The number of ketones is 1. The molecule has 0 saturated carbocycles. The van der Waals surface area contributed by atoms with Crippen LogP contribution >= 0.6 is 0 Å². The summed E-state index contributed by atoms with van der Waals surface area (Å²) in [6.07, 6.45) is 3.08. The van der Waals surface area contributed by atoms with Gasteiger partial charge in [-0.05, 0) is 67.0 Å². The van der Waals surface area contributed by atoms with Crippen molar-refractivity contribution in [1.29, 1.82) is 0 Å². The van der Waals surface area contributed by atoms with Crippen LogP contribution in [-0.2, 0) is 6.61 Å². The van der Waals surface area contributed by atoms with Crippen LogP contribution in [0.5, 0.6) is 0 Å². The topological polar surface area (TPSA) is 66.0 Å². The van der Waals surface area contributed by atoms with Crippen molar-refractivity contribution in [2.24, 2.45) is 0 Å². The van der Waals surface area contributed by atoms with Crippen molar-refractivity contribution in [2.45, 2.75) is 20.5 Å². The highest BCUT2D eigenvalue weighted by atomic mass is 19.1. The molecule has 0 bridgehead atoms. The number of hydrogen-bond donors (Lipinski definition) is 2. The van der Waals surface area contributed by atoms with Crippen LogP contribution in [0.1, 0.15) is 32.7 Å². The molecule has 0 spiro atoms. The second-order valence-electron chi connectivity index (χ2n) is 6.18. The van der Waals surface area contributed by atoms with E-state index in [2.05, 4.69) is 10.2 Å². The quantitative estimate of drug-likeness (QED) is 0.535. The van der Waals surface area contributed by atoms with Crippen LogP contribution in [0.4, 0.5) is 4.39 Å². The first-order chi connectivity index (χ1) is 12.5. The lowest BCUT2D eigenvalue weighted by molar-refractivity contribution is 0.104. The molecule has 0 fully saturated rings. The number of aliphatic hydroxyl groups excluding tert-OH is 1. The molecule has 5 heteroatoms. The number of aryl methyl sites for hydroxylation is 2. The van der Waals surface area contributed by atoms with E-state index in [1.807, 2.05) is 26.0 Å². The summed E-state index contributed by atoms with van der Waals surface area (Å²) in [6.45, 7) is 3.75. The fraction of sp³-hybridized carbons (Fsp3) is 0.143. The maximum atomic E-state index is 14.1. The van der Waals surface area contributed by atoms with Gasteiger partial charge in [0.15, 0.2) is 5.78 Å². The molecule has 2 N–H and O–H groups in total. The summed E-state index contributed by atoms with van der Waals surface area (Å²) in [5.74, 6) is -0.562. The molecule has 4 nitrogen and oxygen atoms in total. The fourth-order valence-electron chi connectivity index (χ4n) is 2.58. The standard InChI is InChI=1S/C21H19FN2O2/c1-13-3-5-16(9-14(13)2)21(26)8-6-17-11-20(24-23-17)18-7-4-15(12-25)10-19(18)22/h3-11,25H,12H2,1-2H3,(H,23,24)/b8-6+. The molecule has 3 aromatic rings. The molecular weight excluding hydrogens is 331 g/mol. The summed E-state index contributed by atoms with van der Waals surface area (Å²) >= 11 is 0. The van der Waals surface area contributed by atoms with E-state index in [-0.39, 0.29) is 12.4 Å². The number of H-pyrrole nitrogens is 1. The molecule has 0 aliphatic rings. The van der Waals surface area contributed by atoms with Gasteiger partial charge in [0, 0.05) is 11.1 Å². The Hall–Kier alpha value is -3.05. The minimum Gasteiger partial charge on any atom is -0.392 e. The molecule has 2 aromatic carbocycles. The Morgan fingerprint density at radius 1 is 1.15 bits per heavy atom. The zero-order valence-corrected chi connectivity index (χ0v) is 14.6. The number of halogens is 1. The highest BCUT2D eigenvalue weighted by Crippen LogP contribution is 2.23. The highest BCUT2D eigenvalue weighted by Gasteiger charge is 2.10. The van der Waals surface area contributed by atoms with Crippen molar-refractivity contribution in [3.05, 3.63) is 82.3 Å². The van der Waals surface area contributed by atoms with Gasteiger partial charge in [-0.1, -0.05) is 18.2 Å². The third-order valence-corrected chi connectivity index (χ3v) is 4.30. The van der Waals surface area contributed by atoms with Crippen LogP contribution in [-0.4, -0.2) is 21.1 Å². The first-order valence-electron chi connectivity index (χ1n) is 8.22. The van der Waals surface area contributed by atoms with Crippen molar-refractivity contribution >= 4 is 11.9 Å². The second kappa shape index (κ2) is 7.45. The minimum absolute atomic E-state index is 0.109. The monoisotopic (exact) mass is 350 g/mol. The van der Waals surface area contributed by atoms with Gasteiger partial charge in [0.25, 0.3) is 0 Å². The Balaban J connectivity index is 1.78. The van der Waals surface area contributed by atoms with E-state index in [9.17, 15) is 9.18 Å². The molecule has 0 radical (unpaired) electrons. The maximum absolute atomic E-state index is 14.1. The van der Waals surface area contributed by atoms with Crippen molar-refractivity contribution < 1.29 is 14.3 Å². The molecule has 0 aliphatic carbocycles. The van der Waals surface area contributed by atoms with Gasteiger partial charge in [0.05, 0.1) is 18.0 Å². The number of aromatic amines is 1. The number of carbonyl (C=O) groups excluding carboxylic acids is 1. The summed E-state index contributed by atoms with van der Waals surface area (Å²) in [6, 6.07) is 11.7. The van der Waals surface area contributed by atoms with Gasteiger partial charge in [-0.3, -0.25) is 9.89 Å². The second-order valence-corrected chi connectivity index (χ2v) is 6.18. The van der Waals surface area contributed by atoms with Crippen molar-refractivity contribution in [1.82, 2.24) is 10.2 Å². The third kappa shape index (κ3) is 3.78. The number of carbonyl (C=O) groups is 1. The number of aliphatic hydroxyl groups is 1. The third-order valence-electron chi connectivity index (χ3n) is 4.30. The van der Waals surface area contributed by atoms with E-state index < -0.39 is 5.82 Å². The number of nitrogens with one attached hydrogen (secondary N) is 1. The van der Waals surface area contributed by atoms with Crippen molar-refractivity contribution in [3.63, 3.8) is 0 Å². The Labute approximate surface area is 151 Å². The average molecular weight is 350 g/mol. The van der Waals surface area contributed by atoms with Crippen LogP contribution in [0.15, 0.2) is 48.5 Å². The Kier molecular flexibility index (Phi) is 5.09. The molecule has 0 saturated heterocycles. The van der Waals surface area contributed by atoms with Gasteiger partial charge in [0.1, 0.15) is 5.82 Å². The Bertz CT molecular complexity index is 989. The van der Waals surface area contributed by atoms with E-state index in [0.29, 0.717) is 28.1 Å². The molecule has 0 atom stereocenters. The smallest absolute Gasteiger partial charge is 0.185 e. The average Bonchev–Trinajstić information content (AvgIpc) is 3.10. The molecule has 0 unspecified atom stereocenters. The van der Waals surface area contributed by atoms with Crippen molar-refractivity contribution in [2.75, 3.05) is 0 Å². The fourth-order valence-corrected chi connectivity index (χ4v) is 2.58. The van der Waals surface area contributed by atoms with E-state index in [1.165, 1.54) is 12.1 Å². The number of hydrogen-bond acceptors (Lipinski definition) is 3. The van der Waals surface area contributed by atoms with E-state index in [1.54, 1.807) is 30.3 Å². The van der Waals surface area contributed by atoms with Crippen LogP contribution in [0.2, 0.25) is 0 Å². The number of rotatable bonds is 5. The van der Waals surface area contributed by atoms with Gasteiger partial charge < -0.3 is 5.11 Å². The van der Waals surface area contributed by atoms with Crippen molar-refractivity contribution in [3.8, 4) is 11.3 Å². The molecular formula is C21H19FN2O2. The molecule has 1 aromatic heterocycles. The molecule has 26 heavy (non-hydrogen) atoms. The van der Waals surface area contributed by atoms with Crippen LogP contribution in [0.3, 0.4) is 0 Å². The van der Waals surface area contributed by atoms with Crippen LogP contribution < -0.4 is 0 Å². The lowest BCUT2D eigenvalue weighted by Crippen LogP contribution is -1.95. The first-order valence-corrected chi connectivity index (χ1v) is 8.22. The maximum Gasteiger partial charge on any atom is 0.185 e. The number of benzene rings is 2. The number of aromatic nitrogens is 2. The lowest BCUT2D eigenvalue weighted by atomic mass is 10.0. The van der Waals surface area contributed by atoms with E-state index in [4.69, 9.17) is 5.11 Å². The number of allylic oxidation sites excluding steroid dienone is 1. The Morgan fingerprint density at radius 2 is 1.96 bits per heavy atom. The van der Waals surface area contributed by atoms with Crippen LogP contribution in [0, 0.1) is 19.7 Å². The minimum atomic E-state index is -0.454. The van der Waals surface area contributed by atoms with Gasteiger partial charge in [-0.25, -0.2) is 4.39 Å². The zero-order valence-electron chi connectivity index (χ0n) is 14.6. The van der Waals surface area contributed by atoms with Gasteiger partial charge in [-0.2, -0.15) is 5.10 Å². The normalized spacial score (nSPS) is 11.2. The Morgan fingerprint density at radius 3 is 2.65 bits per heavy atom. The summed E-state index contributed by atoms with van der Waals surface area (Å²) in [5, 5.41) is 15.9. The van der Waals surface area contributed by atoms with Gasteiger partial charge in [0.2, 0.25) is 0 Å². The summed E-state index contributed by atoms with van der Waals surface area (Å²) in [4.78, 5) is 12.3. The molecule has 132 valence electrons. The molecule has 1 heterocycles. The SMILES string of the molecule is Cc1ccc(C(=O)/C=C/c2cc(-c3ccc(CO)cc3F)n[nH]2)cc1C. The van der Waals surface area contributed by atoms with Gasteiger partial charge in [-0.15, -0.1) is 0 Å². The van der Waals surface area contributed by atoms with E-state index in [0.717, 1.165) is 11.1 Å². The predicted octanol–water partition coefficient (Wildman–Crippen LogP) is 4.22. The summed E-state index contributed by atoms with van der Waals surface area (Å²) in [5.41, 5.74) is 4.69. The van der Waals surface area contributed by atoms with Crippen LogP contribution in [0.25, 0.3) is 17.3 Å². The highest BCUT2D eigenvalue weighted by molar-refractivity contribution is 6.06. The first kappa shape index (κ1) is 17.8. The summed E-state index contributed by atoms with van der Waals surface area (Å²) < 4.78 is 14.1. The largest absolute Gasteiger partial charge is 0.392 e. The molecule has 0 amide bonds. The lowest BCUT2D eigenvalue weighted by Gasteiger charge is -2.01. The molecule has 3 rings (SSSR count). The van der Waals surface area contributed by atoms with Gasteiger partial charge >= 0.3 is 0 Å².